The molecule has 0 aromatic heterocycles. The molecule has 0 fully saturated rings. The monoisotopic (exact) mass is 248 g/mol. The Morgan fingerprint density at radius 1 is 1.35 bits per heavy atom. The maximum absolute atomic E-state index is 13.8. The fourth-order valence-electron chi connectivity index (χ4n) is 2.11. The third kappa shape index (κ3) is 2.10. The van der Waals surface area contributed by atoms with Crippen molar-refractivity contribution in [1.29, 1.82) is 0 Å². The van der Waals surface area contributed by atoms with Gasteiger partial charge in [0.1, 0.15) is 0 Å². The van der Waals surface area contributed by atoms with E-state index in [2.05, 4.69) is 0 Å². The Labute approximate surface area is 96.4 Å². The average Bonchev–Trinajstić information content (AvgIpc) is 2.17. The normalized spacial score (nSPS) is 19.8. The summed E-state index contributed by atoms with van der Waals surface area (Å²) in [4.78, 5) is 0. The number of alkyl halides is 3. The lowest BCUT2D eigenvalue weighted by molar-refractivity contribution is -0.140. The molecule has 0 saturated carbocycles. The van der Waals surface area contributed by atoms with E-state index in [4.69, 9.17) is 4.74 Å². The Hall–Kier alpha value is -1.26. The molecule has 0 amide bonds. The van der Waals surface area contributed by atoms with Crippen LogP contribution < -0.4 is 4.74 Å². The topological polar surface area (TPSA) is 9.23 Å². The molecule has 1 nitrogen and oxygen atoms in total. The standard InChI is InChI=1S/C12H12F4O/c1-6-5-8-4-3-7(2)17-11(8)10(13)9(6)12(14,15)16/h5,7H,3-4H2,1-2H3. The van der Waals surface area contributed by atoms with Crippen LogP contribution in [0.25, 0.3) is 0 Å². The summed E-state index contributed by atoms with van der Waals surface area (Å²) in [5.41, 5.74) is -0.789. The first-order valence-corrected chi connectivity index (χ1v) is 5.36. The minimum Gasteiger partial charge on any atom is -0.487 e. The molecule has 2 rings (SSSR count). The highest BCUT2D eigenvalue weighted by Crippen LogP contribution is 2.41. The van der Waals surface area contributed by atoms with Gasteiger partial charge in [-0.15, -0.1) is 0 Å². The van der Waals surface area contributed by atoms with Gasteiger partial charge in [-0.2, -0.15) is 13.2 Å². The quantitative estimate of drug-likeness (QED) is 0.633. The second-order valence-electron chi connectivity index (χ2n) is 4.34. The van der Waals surface area contributed by atoms with Crippen LogP contribution in [0.3, 0.4) is 0 Å². The molecule has 1 atom stereocenters. The van der Waals surface area contributed by atoms with Gasteiger partial charge < -0.3 is 4.74 Å². The highest BCUT2D eigenvalue weighted by molar-refractivity contribution is 5.46. The summed E-state index contributed by atoms with van der Waals surface area (Å²) in [6, 6.07) is 1.37. The van der Waals surface area contributed by atoms with E-state index in [1.165, 1.54) is 13.0 Å². The summed E-state index contributed by atoms with van der Waals surface area (Å²) in [5, 5.41) is 0. The number of rotatable bonds is 0. The predicted molar refractivity (Wildman–Crippen MR) is 54.6 cm³/mol. The van der Waals surface area contributed by atoms with Crippen LogP contribution in [-0.2, 0) is 12.6 Å². The summed E-state index contributed by atoms with van der Waals surface area (Å²) in [5.74, 6) is -1.51. The Morgan fingerprint density at radius 3 is 2.59 bits per heavy atom. The molecule has 1 aliphatic rings. The number of ether oxygens (including phenoxy) is 1. The molecule has 0 N–H and O–H groups in total. The van der Waals surface area contributed by atoms with E-state index in [1.54, 1.807) is 6.92 Å². The molecule has 1 unspecified atom stereocenters. The van der Waals surface area contributed by atoms with E-state index in [-0.39, 0.29) is 17.4 Å². The minimum absolute atomic E-state index is 0.0908. The van der Waals surface area contributed by atoms with Gasteiger partial charge in [-0.3, -0.25) is 0 Å². The van der Waals surface area contributed by atoms with E-state index in [9.17, 15) is 17.6 Å². The number of fused-ring (bicyclic) bond motifs is 1. The zero-order valence-corrected chi connectivity index (χ0v) is 9.49. The smallest absolute Gasteiger partial charge is 0.419 e. The molecule has 17 heavy (non-hydrogen) atoms. The predicted octanol–water partition coefficient (Wildman–Crippen LogP) is 3.87. The summed E-state index contributed by atoms with van der Waals surface area (Å²) in [6.45, 7) is 2.99. The Kier molecular flexibility index (Phi) is 2.79. The lowest BCUT2D eigenvalue weighted by Crippen LogP contribution is -2.22. The van der Waals surface area contributed by atoms with Gasteiger partial charge in [0.05, 0.1) is 11.7 Å². The first kappa shape index (κ1) is 12.2. The number of aryl methyl sites for hydroxylation is 2. The van der Waals surface area contributed by atoms with Crippen molar-refractivity contribution in [3.63, 3.8) is 0 Å². The van der Waals surface area contributed by atoms with Crippen molar-refractivity contribution in [2.75, 3.05) is 0 Å². The van der Waals surface area contributed by atoms with Gasteiger partial charge in [-0.25, -0.2) is 4.39 Å². The van der Waals surface area contributed by atoms with Crippen LogP contribution in [0.4, 0.5) is 17.6 Å². The molecule has 1 aliphatic heterocycles. The highest BCUT2D eigenvalue weighted by atomic mass is 19.4. The first-order valence-electron chi connectivity index (χ1n) is 5.36. The van der Waals surface area contributed by atoms with E-state index in [0.29, 0.717) is 18.4 Å². The van der Waals surface area contributed by atoms with Crippen LogP contribution in [0.1, 0.15) is 30.0 Å². The highest BCUT2D eigenvalue weighted by Gasteiger charge is 2.39. The average molecular weight is 248 g/mol. The zero-order chi connectivity index (χ0) is 12.8. The van der Waals surface area contributed by atoms with E-state index in [1.807, 2.05) is 0 Å². The molecular formula is C12H12F4O. The lowest BCUT2D eigenvalue weighted by Gasteiger charge is -2.26. The van der Waals surface area contributed by atoms with Gasteiger partial charge in [0, 0.05) is 0 Å². The summed E-state index contributed by atoms with van der Waals surface area (Å²) in [6.07, 6.45) is -3.70. The Balaban J connectivity index is 2.61. The molecule has 0 spiro atoms. The van der Waals surface area contributed by atoms with Gasteiger partial charge in [0.25, 0.3) is 0 Å². The van der Waals surface area contributed by atoms with Crippen molar-refractivity contribution in [3.8, 4) is 5.75 Å². The number of halogens is 4. The van der Waals surface area contributed by atoms with Crippen LogP contribution in [0.15, 0.2) is 6.07 Å². The fraction of sp³-hybridized carbons (Fsp3) is 0.500. The molecule has 0 saturated heterocycles. The van der Waals surface area contributed by atoms with Gasteiger partial charge in [-0.05, 0) is 37.8 Å². The summed E-state index contributed by atoms with van der Waals surface area (Å²) < 4.78 is 57.1. The fourth-order valence-corrected chi connectivity index (χ4v) is 2.11. The Bertz CT molecular complexity index is 451. The third-order valence-corrected chi connectivity index (χ3v) is 2.92. The van der Waals surface area contributed by atoms with E-state index >= 15 is 0 Å². The van der Waals surface area contributed by atoms with E-state index < -0.39 is 17.6 Å². The molecule has 1 aromatic rings. The first-order chi connectivity index (χ1) is 7.80. The minimum atomic E-state index is -4.69. The van der Waals surface area contributed by atoms with E-state index in [0.717, 1.165) is 0 Å². The molecule has 5 heteroatoms. The van der Waals surface area contributed by atoms with Crippen molar-refractivity contribution in [1.82, 2.24) is 0 Å². The second kappa shape index (κ2) is 3.89. The van der Waals surface area contributed by atoms with Crippen molar-refractivity contribution >= 4 is 0 Å². The van der Waals surface area contributed by atoms with Crippen LogP contribution in [0.2, 0.25) is 0 Å². The number of hydrogen-bond donors (Lipinski definition) is 0. The van der Waals surface area contributed by atoms with Crippen molar-refractivity contribution in [2.45, 2.75) is 39.0 Å². The van der Waals surface area contributed by atoms with Crippen LogP contribution in [-0.4, -0.2) is 6.10 Å². The maximum Gasteiger partial charge on any atom is 0.419 e. The largest absolute Gasteiger partial charge is 0.487 e. The van der Waals surface area contributed by atoms with Gasteiger partial charge in [0.2, 0.25) is 0 Å². The SMILES string of the molecule is Cc1cc2c(c(F)c1C(F)(F)F)OC(C)CC2. The van der Waals surface area contributed by atoms with Crippen molar-refractivity contribution in [3.05, 3.63) is 28.6 Å². The summed E-state index contributed by atoms with van der Waals surface area (Å²) >= 11 is 0. The molecule has 0 bridgehead atoms. The summed E-state index contributed by atoms with van der Waals surface area (Å²) in [7, 11) is 0. The number of hydrogen-bond acceptors (Lipinski definition) is 1. The molecular weight excluding hydrogens is 236 g/mol. The Morgan fingerprint density at radius 2 is 2.00 bits per heavy atom. The van der Waals surface area contributed by atoms with Crippen molar-refractivity contribution < 1.29 is 22.3 Å². The van der Waals surface area contributed by atoms with Crippen LogP contribution in [0, 0.1) is 12.7 Å². The lowest BCUT2D eigenvalue weighted by atomic mass is 9.96. The van der Waals surface area contributed by atoms with Crippen LogP contribution in [0.5, 0.6) is 5.75 Å². The molecule has 1 aromatic carbocycles. The molecule has 1 heterocycles. The zero-order valence-electron chi connectivity index (χ0n) is 9.49. The molecule has 0 aliphatic carbocycles. The molecule has 0 radical (unpaired) electrons. The van der Waals surface area contributed by atoms with Crippen molar-refractivity contribution in [2.24, 2.45) is 0 Å². The second-order valence-corrected chi connectivity index (χ2v) is 4.34. The van der Waals surface area contributed by atoms with Gasteiger partial charge in [0.15, 0.2) is 11.6 Å². The van der Waals surface area contributed by atoms with Gasteiger partial charge >= 0.3 is 6.18 Å². The molecule has 94 valence electrons. The van der Waals surface area contributed by atoms with Crippen LogP contribution >= 0.6 is 0 Å². The third-order valence-electron chi connectivity index (χ3n) is 2.92. The number of benzene rings is 1. The van der Waals surface area contributed by atoms with Gasteiger partial charge in [-0.1, -0.05) is 6.07 Å². The maximum atomic E-state index is 13.8.